The molecule has 0 saturated carbocycles. The van der Waals surface area contributed by atoms with Gasteiger partial charge in [0.2, 0.25) is 17.7 Å². The van der Waals surface area contributed by atoms with Crippen LogP contribution in [0.4, 0.5) is 5.82 Å². The molecule has 0 fully saturated rings. The number of carboxylic acid groups (broad SMARTS) is 1. The lowest BCUT2D eigenvalue weighted by Crippen LogP contribution is -2.40. The summed E-state index contributed by atoms with van der Waals surface area (Å²) >= 11 is 7.07. The third-order valence-electron chi connectivity index (χ3n) is 12.9. The molecule has 0 aliphatic carbocycles. The average Bonchev–Trinajstić information content (AvgIpc) is 4.25. The minimum absolute atomic E-state index is 0.00416. The van der Waals surface area contributed by atoms with Crippen molar-refractivity contribution in [1.82, 2.24) is 61.5 Å². The highest BCUT2D eigenvalue weighted by molar-refractivity contribution is 7.15. The molecule has 5 atom stereocenters. The highest BCUT2D eigenvalue weighted by atomic mass is 32.1. The third kappa shape index (κ3) is 14.1. The van der Waals surface area contributed by atoms with Crippen molar-refractivity contribution in [3.63, 3.8) is 0 Å². The molecule has 432 valence electrons. The minimum atomic E-state index is -1.29. The van der Waals surface area contributed by atoms with Crippen molar-refractivity contribution in [3.05, 3.63) is 111 Å². The van der Waals surface area contributed by atoms with Crippen LogP contribution in [-0.4, -0.2) is 114 Å². The zero-order valence-corrected chi connectivity index (χ0v) is 49.8. The minimum Gasteiger partial charge on any atom is -0.481 e. The number of carbonyl (C=O) groups is 7. The zero-order chi connectivity index (χ0) is 59.1. The Bertz CT molecular complexity index is 3700. The normalized spacial score (nSPS) is 16.7. The molecule has 9 rings (SSSR count). The van der Waals surface area contributed by atoms with E-state index in [4.69, 9.17) is 30.4 Å². The van der Waals surface area contributed by atoms with Gasteiger partial charge in [-0.2, -0.15) is 0 Å². The van der Waals surface area contributed by atoms with Crippen molar-refractivity contribution in [2.24, 2.45) is 17.6 Å². The molecule has 0 radical (unpaired) electrons. The SMILES string of the molecule is CNC(=O)C[C@@H]1NC(=O)c2csc(n2)-c2ccc(-c3nc(NC(=O)[C@H](CN)CCC(=O)O)cs3)nc2-c2csc(n2)-c2csc(n2)[C@H]([C@@H](O)c2ccccc2)NC(=O)CNC(=O)c2nc(sc2COC)[C@H](C(C)C)NC(=O)c2nc1sc2C. The van der Waals surface area contributed by atoms with E-state index >= 15 is 0 Å². The maximum Gasteiger partial charge on any atom is 0.303 e. The highest BCUT2D eigenvalue weighted by Gasteiger charge is 2.33. The van der Waals surface area contributed by atoms with Crippen molar-refractivity contribution < 1.29 is 48.5 Å². The number of amides is 6. The molecule has 0 saturated heterocycles. The molecule has 24 nitrogen and oxygen atoms in total. The Labute approximate surface area is 497 Å². The van der Waals surface area contributed by atoms with E-state index in [2.05, 4.69) is 46.9 Å². The van der Waals surface area contributed by atoms with Crippen molar-refractivity contribution >= 4 is 115 Å². The number of fused-ring (bicyclic) bond motifs is 14. The first kappa shape index (κ1) is 59.9. The van der Waals surface area contributed by atoms with Gasteiger partial charge in [0.25, 0.3) is 17.7 Å². The lowest BCUT2D eigenvalue weighted by atomic mass is 10.0. The Morgan fingerprint density at radius 3 is 2.18 bits per heavy atom. The van der Waals surface area contributed by atoms with Crippen molar-refractivity contribution in [1.29, 1.82) is 0 Å². The number of aromatic nitrogens is 7. The van der Waals surface area contributed by atoms with Gasteiger partial charge in [-0.15, -0.1) is 68.0 Å². The van der Waals surface area contributed by atoms with Gasteiger partial charge in [-0.1, -0.05) is 44.2 Å². The number of aryl methyl sites for hydroxylation is 1. The summed E-state index contributed by atoms with van der Waals surface area (Å²) in [6.07, 6.45) is -1.71. The second-order valence-electron chi connectivity index (χ2n) is 19.0. The maximum atomic E-state index is 14.3. The molecule has 6 amide bonds. The number of pyridine rings is 1. The van der Waals surface area contributed by atoms with E-state index in [0.717, 1.165) is 34.0 Å². The molecular formula is C53H54N14O10S6. The number of ether oxygens (including phenoxy) is 1. The van der Waals surface area contributed by atoms with Crippen molar-refractivity contribution in [3.8, 4) is 43.4 Å². The first-order valence-electron chi connectivity index (χ1n) is 25.6. The Morgan fingerprint density at radius 2 is 1.45 bits per heavy atom. The van der Waals surface area contributed by atoms with Gasteiger partial charge in [-0.3, -0.25) is 33.6 Å². The number of methoxy groups -OCH3 is 1. The van der Waals surface area contributed by atoms with Crippen molar-refractivity contribution in [2.75, 3.05) is 32.6 Å². The van der Waals surface area contributed by atoms with Crippen LogP contribution in [0.15, 0.2) is 64.0 Å². The van der Waals surface area contributed by atoms with Crippen LogP contribution in [0.2, 0.25) is 0 Å². The lowest BCUT2D eigenvalue weighted by Gasteiger charge is -2.23. The molecule has 1 aliphatic rings. The van der Waals surface area contributed by atoms with E-state index in [-0.39, 0.29) is 66.2 Å². The number of hydrogen-bond acceptors (Lipinski definition) is 23. The molecule has 7 aromatic heterocycles. The number of nitrogens with two attached hydrogens (primary N) is 1. The van der Waals surface area contributed by atoms with E-state index in [1.54, 1.807) is 70.9 Å². The Morgan fingerprint density at radius 1 is 0.735 bits per heavy atom. The number of rotatable bonds is 14. The number of anilines is 1. The molecule has 0 spiro atoms. The lowest BCUT2D eigenvalue weighted by molar-refractivity contribution is -0.137. The number of nitrogens with one attached hydrogen (secondary N) is 6. The van der Waals surface area contributed by atoms with Crippen LogP contribution < -0.4 is 37.6 Å². The monoisotopic (exact) mass is 1240 g/mol. The van der Waals surface area contributed by atoms with Crippen LogP contribution >= 0.6 is 68.0 Å². The summed E-state index contributed by atoms with van der Waals surface area (Å²) in [5.74, 6) is -5.28. The number of thiazole rings is 6. The van der Waals surface area contributed by atoms with Gasteiger partial charge >= 0.3 is 5.97 Å². The van der Waals surface area contributed by atoms with Crippen LogP contribution in [0, 0.1) is 18.8 Å². The third-order valence-corrected chi connectivity index (χ3v) is 18.6. The molecule has 10 bridgehead atoms. The summed E-state index contributed by atoms with van der Waals surface area (Å²) in [5, 5.41) is 46.8. The average molecular weight is 1240 g/mol. The molecule has 1 aliphatic heterocycles. The Hall–Kier alpha value is -7.68. The fourth-order valence-electron chi connectivity index (χ4n) is 8.52. The van der Waals surface area contributed by atoms with Gasteiger partial charge in [-0.25, -0.2) is 34.9 Å². The van der Waals surface area contributed by atoms with Gasteiger partial charge in [0.05, 0.1) is 48.1 Å². The van der Waals surface area contributed by atoms with Crippen LogP contribution in [-0.2, 0) is 30.5 Å². The quantitative estimate of drug-likeness (QED) is 0.0547. The summed E-state index contributed by atoms with van der Waals surface area (Å²) in [6, 6.07) is 9.36. The number of hydrogen-bond donors (Lipinski definition) is 9. The number of carboxylic acids is 1. The van der Waals surface area contributed by atoms with E-state index in [1.165, 1.54) is 48.2 Å². The molecule has 83 heavy (non-hydrogen) atoms. The molecule has 1 aromatic carbocycles. The van der Waals surface area contributed by atoms with Crippen LogP contribution in [0.1, 0.15) is 119 Å². The number of aliphatic hydroxyl groups is 1. The smallest absolute Gasteiger partial charge is 0.303 e. The first-order chi connectivity index (χ1) is 39.9. The maximum absolute atomic E-state index is 14.3. The summed E-state index contributed by atoms with van der Waals surface area (Å²) < 4.78 is 5.44. The molecular weight excluding hydrogens is 1190 g/mol. The topological polar surface area (TPSA) is 358 Å². The van der Waals surface area contributed by atoms with E-state index in [1.807, 2.05) is 13.8 Å². The van der Waals surface area contributed by atoms with Gasteiger partial charge in [0.15, 0.2) is 0 Å². The van der Waals surface area contributed by atoms with E-state index in [9.17, 15) is 43.8 Å². The fraction of sp³-hybridized carbons (Fsp3) is 0.321. The molecule has 0 unspecified atom stereocenters. The zero-order valence-electron chi connectivity index (χ0n) is 44.9. The van der Waals surface area contributed by atoms with Crippen LogP contribution in [0.5, 0.6) is 0 Å². The largest absolute Gasteiger partial charge is 0.481 e. The van der Waals surface area contributed by atoms with Gasteiger partial charge in [0.1, 0.15) is 82.2 Å². The summed E-state index contributed by atoms with van der Waals surface area (Å²) in [4.78, 5) is 128. The van der Waals surface area contributed by atoms with Gasteiger partial charge in [-0.05, 0) is 37.0 Å². The fourth-order valence-corrected chi connectivity index (χ4v) is 14.0. The molecule has 10 N–H and O–H groups in total. The summed E-state index contributed by atoms with van der Waals surface area (Å²) in [6.45, 7) is 4.86. The molecule has 8 aromatic rings. The van der Waals surface area contributed by atoms with Crippen LogP contribution in [0.25, 0.3) is 43.4 Å². The second-order valence-corrected chi connectivity index (χ2v) is 24.8. The van der Waals surface area contributed by atoms with Crippen LogP contribution in [0.3, 0.4) is 0 Å². The predicted molar refractivity (Wildman–Crippen MR) is 315 cm³/mol. The number of nitrogens with zero attached hydrogens (tertiary/aromatic N) is 7. The van der Waals surface area contributed by atoms with Crippen molar-refractivity contribution in [2.45, 2.75) is 70.9 Å². The summed E-state index contributed by atoms with van der Waals surface area (Å²) in [7, 11) is 2.93. The standard InChI is InChI=1S/C53H54N14O10S6/c1-23(2)38-53-67-41(33(83-53)18-77-5)46(75)56-17-36(69)64-42(43(72)25-9-7-6-8-10-25)52-61-32(21-80-52)50-59-30(19-79-50)40-27(12-13-28(57-40)49-63-34(22-81-49)62-44(73)26(16-54)11-14-37(70)71)48-60-31(20-78-48)45(74)58-29(15-35(68)55-4)51-66-39(24(3)82-51)47(76)65-38/h6-10,12-13,19-23,26,29,38,42-43,72H,11,14-18,54H2,1-5H3,(H,55,68)(H,56,75)(H,58,74)(H,62,73)(H,64,69)(H,65,76)(H,70,71)/t26-,29-,38-,42-,43-/m0/s1. The Balaban J connectivity index is 1.12. The van der Waals surface area contributed by atoms with Gasteiger partial charge < -0.3 is 52.6 Å². The van der Waals surface area contributed by atoms with Gasteiger partial charge in [0, 0.05) is 59.1 Å². The molecule has 30 heteroatoms. The van der Waals surface area contributed by atoms with E-state index < -0.39 is 78.1 Å². The number of aliphatic hydroxyl groups excluding tert-OH is 1. The second kappa shape index (κ2) is 26.7. The molecule has 8 heterocycles. The first-order valence-corrected chi connectivity index (χ1v) is 30.7. The Kier molecular flexibility index (Phi) is 19.3. The van der Waals surface area contributed by atoms with E-state index in [0.29, 0.717) is 68.7 Å². The number of carbonyl (C=O) groups excluding carboxylic acids is 6. The number of aliphatic carboxylic acids is 1. The highest BCUT2D eigenvalue weighted by Crippen LogP contribution is 2.40. The number of benzene rings is 1. The predicted octanol–water partition coefficient (Wildman–Crippen LogP) is 6.69. The summed E-state index contributed by atoms with van der Waals surface area (Å²) in [5.41, 5.74) is 8.35.